The highest BCUT2D eigenvalue weighted by Gasteiger charge is 2.46. The van der Waals surface area contributed by atoms with Crippen LogP contribution >= 0.6 is 0 Å². The molecule has 0 saturated heterocycles. The zero-order valence-corrected chi connectivity index (χ0v) is 16.3. The summed E-state index contributed by atoms with van der Waals surface area (Å²) in [5.41, 5.74) is 25.1. The topological polar surface area (TPSA) is 78.1 Å². The average Bonchev–Trinajstić information content (AvgIpc) is 2.73. The van der Waals surface area contributed by atoms with Crippen molar-refractivity contribution in [2.75, 3.05) is 17.2 Å². The number of rotatable bonds is 4. The number of para-hydroxylation sites is 3. The Bertz CT molecular complexity index is 846. The van der Waals surface area contributed by atoms with Crippen LogP contribution in [0.1, 0.15) is 48.8 Å². The molecule has 0 spiro atoms. The molecular formula is C25H29N3. The lowest BCUT2D eigenvalue weighted by molar-refractivity contribution is 0.273. The second-order valence-electron chi connectivity index (χ2n) is 7.90. The minimum absolute atomic E-state index is 0.389. The van der Waals surface area contributed by atoms with Crippen LogP contribution in [-0.2, 0) is 5.41 Å². The molecule has 4 rings (SSSR count). The largest absolute Gasteiger partial charge is 0.398 e. The molecule has 0 heterocycles. The maximum Gasteiger partial charge on any atom is 0.0540 e. The van der Waals surface area contributed by atoms with E-state index in [2.05, 4.69) is 36.4 Å². The van der Waals surface area contributed by atoms with Gasteiger partial charge in [0.05, 0.1) is 5.41 Å². The van der Waals surface area contributed by atoms with Crippen LogP contribution in [0.15, 0.2) is 72.8 Å². The predicted octanol–water partition coefficient (Wildman–Crippen LogP) is 5.35. The molecule has 0 amide bonds. The molecule has 0 aromatic heterocycles. The third-order valence-corrected chi connectivity index (χ3v) is 6.37. The van der Waals surface area contributed by atoms with Gasteiger partial charge in [-0.05, 0) is 53.6 Å². The fraction of sp³-hybridized carbons (Fsp3) is 0.280. The summed E-state index contributed by atoms with van der Waals surface area (Å²) in [6, 6.07) is 24.6. The van der Waals surface area contributed by atoms with Crippen molar-refractivity contribution in [1.29, 1.82) is 0 Å². The maximum atomic E-state index is 6.61. The third-order valence-electron chi connectivity index (χ3n) is 6.37. The molecule has 1 aliphatic carbocycles. The summed E-state index contributed by atoms with van der Waals surface area (Å²) >= 11 is 0. The number of hydrogen-bond acceptors (Lipinski definition) is 3. The van der Waals surface area contributed by atoms with E-state index in [1.807, 2.05) is 36.4 Å². The second-order valence-corrected chi connectivity index (χ2v) is 7.90. The van der Waals surface area contributed by atoms with Crippen LogP contribution in [0, 0.1) is 5.92 Å². The summed E-state index contributed by atoms with van der Waals surface area (Å²) in [5.74, 6) is 0.389. The minimum atomic E-state index is -0.456. The van der Waals surface area contributed by atoms with Crippen LogP contribution in [0.3, 0.4) is 0 Å². The number of nitrogens with two attached hydrogens (primary N) is 3. The zero-order valence-electron chi connectivity index (χ0n) is 16.3. The van der Waals surface area contributed by atoms with E-state index in [9.17, 15) is 0 Å². The standard InChI is InChI=1S/C25H29N3/c26-22-15-7-4-12-19(22)25(18-10-2-1-3-11-18,20-13-5-8-16-23(20)27)21-14-6-9-17-24(21)28/h4-9,12-18H,1-3,10-11,26-28H2. The van der Waals surface area contributed by atoms with Crippen LogP contribution in [0.2, 0.25) is 0 Å². The van der Waals surface area contributed by atoms with E-state index in [-0.39, 0.29) is 0 Å². The summed E-state index contributed by atoms with van der Waals surface area (Å²) < 4.78 is 0. The molecule has 3 aromatic carbocycles. The fourth-order valence-corrected chi connectivity index (χ4v) is 5.20. The Morgan fingerprint density at radius 3 is 1.25 bits per heavy atom. The fourth-order valence-electron chi connectivity index (χ4n) is 5.20. The van der Waals surface area contributed by atoms with E-state index >= 15 is 0 Å². The van der Waals surface area contributed by atoms with Crippen molar-refractivity contribution < 1.29 is 0 Å². The van der Waals surface area contributed by atoms with E-state index in [4.69, 9.17) is 17.2 Å². The Balaban J connectivity index is 2.13. The van der Waals surface area contributed by atoms with Gasteiger partial charge in [-0.2, -0.15) is 0 Å². The van der Waals surface area contributed by atoms with Gasteiger partial charge in [0, 0.05) is 17.1 Å². The predicted molar refractivity (Wildman–Crippen MR) is 119 cm³/mol. The molecule has 0 atom stereocenters. The first-order valence-electron chi connectivity index (χ1n) is 10.2. The summed E-state index contributed by atoms with van der Waals surface area (Å²) in [7, 11) is 0. The van der Waals surface area contributed by atoms with Gasteiger partial charge in [0.1, 0.15) is 0 Å². The van der Waals surface area contributed by atoms with Crippen LogP contribution in [-0.4, -0.2) is 0 Å². The van der Waals surface area contributed by atoms with Gasteiger partial charge in [-0.1, -0.05) is 73.9 Å². The smallest absolute Gasteiger partial charge is 0.0540 e. The minimum Gasteiger partial charge on any atom is -0.398 e. The summed E-state index contributed by atoms with van der Waals surface area (Å²) in [5, 5.41) is 0. The Morgan fingerprint density at radius 1 is 0.536 bits per heavy atom. The van der Waals surface area contributed by atoms with Gasteiger partial charge < -0.3 is 17.2 Å². The van der Waals surface area contributed by atoms with Crippen molar-refractivity contribution in [2.24, 2.45) is 5.92 Å². The molecule has 1 fully saturated rings. The van der Waals surface area contributed by atoms with Crippen LogP contribution in [0.25, 0.3) is 0 Å². The molecule has 0 bridgehead atoms. The van der Waals surface area contributed by atoms with Gasteiger partial charge in [-0.15, -0.1) is 0 Å². The van der Waals surface area contributed by atoms with Crippen LogP contribution < -0.4 is 17.2 Å². The number of anilines is 3. The van der Waals surface area contributed by atoms with Gasteiger partial charge in [-0.3, -0.25) is 0 Å². The lowest BCUT2D eigenvalue weighted by Crippen LogP contribution is -2.41. The number of nitrogen functional groups attached to an aromatic ring is 3. The van der Waals surface area contributed by atoms with Gasteiger partial charge in [-0.25, -0.2) is 0 Å². The lowest BCUT2D eigenvalue weighted by atomic mass is 9.57. The Morgan fingerprint density at radius 2 is 0.893 bits per heavy atom. The highest BCUT2D eigenvalue weighted by atomic mass is 14.7. The van der Waals surface area contributed by atoms with E-state index in [0.717, 1.165) is 46.6 Å². The molecule has 0 unspecified atom stereocenters. The first kappa shape index (κ1) is 18.4. The molecular weight excluding hydrogens is 342 g/mol. The first-order valence-corrected chi connectivity index (χ1v) is 10.2. The Hall–Kier alpha value is -2.94. The normalized spacial score (nSPS) is 15.4. The van der Waals surface area contributed by atoms with Gasteiger partial charge in [0.25, 0.3) is 0 Å². The molecule has 0 aliphatic heterocycles. The van der Waals surface area contributed by atoms with Crippen molar-refractivity contribution >= 4 is 17.1 Å². The van der Waals surface area contributed by atoms with Crippen molar-refractivity contribution in [3.05, 3.63) is 89.5 Å². The molecule has 6 N–H and O–H groups in total. The third kappa shape index (κ3) is 2.91. The number of benzene rings is 3. The summed E-state index contributed by atoms with van der Waals surface area (Å²) in [6.07, 6.45) is 6.00. The van der Waals surface area contributed by atoms with Crippen molar-refractivity contribution in [3.63, 3.8) is 0 Å². The SMILES string of the molecule is Nc1ccccc1C(c1ccccc1N)(c1ccccc1N)C1CCCCC1. The molecule has 1 aliphatic rings. The van der Waals surface area contributed by atoms with Crippen LogP contribution in [0.5, 0.6) is 0 Å². The highest BCUT2D eigenvalue weighted by molar-refractivity contribution is 5.70. The summed E-state index contributed by atoms with van der Waals surface area (Å²) in [6.45, 7) is 0. The molecule has 3 aromatic rings. The quantitative estimate of drug-likeness (QED) is 0.427. The average molecular weight is 372 g/mol. The molecule has 28 heavy (non-hydrogen) atoms. The van der Waals surface area contributed by atoms with E-state index in [1.165, 1.54) is 19.3 Å². The molecule has 3 nitrogen and oxygen atoms in total. The van der Waals surface area contributed by atoms with Crippen molar-refractivity contribution in [1.82, 2.24) is 0 Å². The van der Waals surface area contributed by atoms with Crippen molar-refractivity contribution in [3.8, 4) is 0 Å². The molecule has 144 valence electrons. The maximum absolute atomic E-state index is 6.61. The van der Waals surface area contributed by atoms with E-state index < -0.39 is 5.41 Å². The van der Waals surface area contributed by atoms with Crippen LogP contribution in [0.4, 0.5) is 17.1 Å². The zero-order chi connectivity index (χ0) is 19.6. The lowest BCUT2D eigenvalue weighted by Gasteiger charge is -2.46. The van der Waals surface area contributed by atoms with Gasteiger partial charge in [0.2, 0.25) is 0 Å². The van der Waals surface area contributed by atoms with Gasteiger partial charge in [0.15, 0.2) is 0 Å². The molecule has 3 heteroatoms. The first-order chi connectivity index (χ1) is 13.7. The molecule has 1 saturated carbocycles. The number of hydrogen-bond donors (Lipinski definition) is 3. The highest BCUT2D eigenvalue weighted by Crippen LogP contribution is 2.54. The van der Waals surface area contributed by atoms with Gasteiger partial charge >= 0.3 is 0 Å². The second kappa shape index (κ2) is 7.59. The molecule has 0 radical (unpaired) electrons. The summed E-state index contributed by atoms with van der Waals surface area (Å²) in [4.78, 5) is 0. The Kier molecular flexibility index (Phi) is 4.99. The Labute approximate surface area is 167 Å². The monoisotopic (exact) mass is 371 g/mol. The van der Waals surface area contributed by atoms with Crippen molar-refractivity contribution in [2.45, 2.75) is 37.5 Å². The van der Waals surface area contributed by atoms with E-state index in [0.29, 0.717) is 5.92 Å². The van der Waals surface area contributed by atoms with E-state index in [1.54, 1.807) is 0 Å².